The van der Waals surface area contributed by atoms with Gasteiger partial charge in [-0.05, 0) is 68.9 Å². The van der Waals surface area contributed by atoms with Crippen molar-refractivity contribution in [2.24, 2.45) is 11.8 Å². The lowest BCUT2D eigenvalue weighted by atomic mass is 9.89. The number of aryl methyl sites for hydroxylation is 2. The second-order valence-electron chi connectivity index (χ2n) is 12.2. The molecule has 0 unspecified atom stereocenters. The van der Waals surface area contributed by atoms with Crippen LogP contribution in [0.25, 0.3) is 11.3 Å². The molecule has 3 heterocycles. The topological polar surface area (TPSA) is 136 Å². The highest BCUT2D eigenvalue weighted by Gasteiger charge is 2.33. The summed E-state index contributed by atoms with van der Waals surface area (Å²) < 4.78 is 41.8. The fourth-order valence-electron chi connectivity index (χ4n) is 5.42. The largest absolute Gasteiger partial charge is 0.488 e. The molecule has 0 saturated heterocycles. The van der Waals surface area contributed by atoms with Crippen molar-refractivity contribution in [2.45, 2.75) is 72.1 Å². The van der Waals surface area contributed by atoms with Crippen molar-refractivity contribution >= 4 is 21.9 Å². The van der Waals surface area contributed by atoms with Crippen molar-refractivity contribution in [1.82, 2.24) is 24.8 Å². The van der Waals surface area contributed by atoms with Gasteiger partial charge in [0.1, 0.15) is 12.4 Å². The second kappa shape index (κ2) is 13.4. The number of anilines is 1. The zero-order chi connectivity index (χ0) is 33.2. The van der Waals surface area contributed by atoms with Gasteiger partial charge in [-0.3, -0.25) is 4.79 Å². The number of ether oxygens (including phenoxy) is 2. The lowest BCUT2D eigenvalue weighted by molar-refractivity contribution is 0.0425. The lowest BCUT2D eigenvalue weighted by Gasteiger charge is -2.37. The summed E-state index contributed by atoms with van der Waals surface area (Å²) in [4.78, 5) is 33.9. The standard InChI is InChI=1S/C34H40N6O5S/c1-20(2)24(7)29-19-44-31-15-28(32-22(5)10-8-11-23(32)6)37-34(38-31)39-46(42,43)27-13-9-12-25(14-27)33(41)40(29)18-30-35-16-26(17-36-30)45-21(3)4/h8-17,20-21,24,29H,18-19H2,1-7H3,(H,37,38,39)/t24-,29-/m0/s1. The SMILES string of the molecule is Cc1cccc(C)c1-c1cc2nc(n1)NS(=O)(=O)c1cccc(c1)C(=O)N(Cc1ncc(OC(C)C)cn1)[C@H]([C@@H](C)C(C)C)CO2. The van der Waals surface area contributed by atoms with E-state index >= 15 is 0 Å². The first-order chi connectivity index (χ1) is 21.8. The van der Waals surface area contributed by atoms with Gasteiger partial charge >= 0.3 is 0 Å². The summed E-state index contributed by atoms with van der Waals surface area (Å²) in [5, 5.41) is 0. The van der Waals surface area contributed by atoms with Gasteiger partial charge in [-0.25, -0.2) is 28.1 Å². The van der Waals surface area contributed by atoms with Crippen LogP contribution in [0.3, 0.4) is 0 Å². The van der Waals surface area contributed by atoms with E-state index in [1.54, 1.807) is 35.5 Å². The number of carbonyl (C=O) groups is 1. The molecule has 0 spiro atoms. The van der Waals surface area contributed by atoms with E-state index in [1.165, 1.54) is 12.1 Å². The number of nitrogens with zero attached hydrogens (tertiary/aromatic N) is 5. The molecule has 2 aromatic heterocycles. The van der Waals surface area contributed by atoms with Gasteiger partial charge in [-0.1, -0.05) is 45.0 Å². The van der Waals surface area contributed by atoms with Gasteiger partial charge in [-0.2, -0.15) is 4.98 Å². The Morgan fingerprint density at radius 1 is 0.978 bits per heavy atom. The number of aromatic nitrogens is 4. The first kappa shape index (κ1) is 32.8. The van der Waals surface area contributed by atoms with Crippen LogP contribution in [0.4, 0.5) is 5.95 Å². The number of amides is 1. The van der Waals surface area contributed by atoms with E-state index in [0.29, 0.717) is 17.3 Å². The van der Waals surface area contributed by atoms with Crippen molar-refractivity contribution in [3.05, 3.63) is 83.4 Å². The maximum atomic E-state index is 14.3. The Labute approximate surface area is 270 Å². The number of hydrogen-bond donors (Lipinski definition) is 1. The molecule has 4 aromatic rings. The molecule has 0 aliphatic carbocycles. The van der Waals surface area contributed by atoms with Gasteiger partial charge in [0.05, 0.1) is 41.7 Å². The molecule has 5 rings (SSSR count). The fraction of sp³-hybridized carbons (Fsp3) is 0.382. The van der Waals surface area contributed by atoms with E-state index in [0.717, 1.165) is 16.7 Å². The van der Waals surface area contributed by atoms with E-state index in [2.05, 4.69) is 45.4 Å². The first-order valence-corrected chi connectivity index (χ1v) is 16.8. The lowest BCUT2D eigenvalue weighted by Crippen LogP contribution is -2.48. The molecule has 4 bridgehead atoms. The minimum Gasteiger partial charge on any atom is -0.488 e. The predicted molar refractivity (Wildman–Crippen MR) is 175 cm³/mol. The Kier molecular flexibility index (Phi) is 9.57. The molecule has 1 N–H and O–H groups in total. The molecule has 0 saturated carbocycles. The molecule has 1 amide bonds. The van der Waals surface area contributed by atoms with E-state index in [-0.39, 0.29) is 59.3 Å². The Morgan fingerprint density at radius 3 is 2.30 bits per heavy atom. The van der Waals surface area contributed by atoms with Crippen LogP contribution in [0.5, 0.6) is 11.6 Å². The van der Waals surface area contributed by atoms with Gasteiger partial charge in [0, 0.05) is 17.2 Å². The molecule has 0 fully saturated rings. The highest BCUT2D eigenvalue weighted by Crippen LogP contribution is 2.31. The summed E-state index contributed by atoms with van der Waals surface area (Å²) >= 11 is 0. The van der Waals surface area contributed by atoms with Crippen molar-refractivity contribution in [1.29, 1.82) is 0 Å². The molecule has 242 valence electrons. The third-order valence-corrected chi connectivity index (χ3v) is 9.47. The summed E-state index contributed by atoms with van der Waals surface area (Å²) in [6, 6.07) is 13.1. The van der Waals surface area contributed by atoms with Crippen LogP contribution >= 0.6 is 0 Å². The van der Waals surface area contributed by atoms with Crippen molar-refractivity contribution in [3.63, 3.8) is 0 Å². The minimum absolute atomic E-state index is 0.0398. The maximum absolute atomic E-state index is 14.3. The van der Waals surface area contributed by atoms with Crippen LogP contribution in [-0.2, 0) is 16.6 Å². The highest BCUT2D eigenvalue weighted by atomic mass is 32.2. The van der Waals surface area contributed by atoms with Crippen molar-refractivity contribution in [3.8, 4) is 22.9 Å². The normalized spacial score (nSPS) is 16.9. The quantitative estimate of drug-likeness (QED) is 0.263. The number of carbonyl (C=O) groups excluding carboxylic acids is 1. The monoisotopic (exact) mass is 644 g/mol. The van der Waals surface area contributed by atoms with Crippen molar-refractivity contribution in [2.75, 3.05) is 11.3 Å². The Balaban J connectivity index is 1.65. The molecule has 0 radical (unpaired) electrons. The average molecular weight is 645 g/mol. The third kappa shape index (κ3) is 7.28. The number of rotatable bonds is 7. The van der Waals surface area contributed by atoms with E-state index in [1.807, 2.05) is 45.9 Å². The van der Waals surface area contributed by atoms with Crippen LogP contribution in [0.1, 0.15) is 61.9 Å². The van der Waals surface area contributed by atoms with Crippen LogP contribution in [0, 0.1) is 25.7 Å². The molecule has 2 atom stereocenters. The average Bonchev–Trinajstić information content (AvgIpc) is 3.00. The summed E-state index contributed by atoms with van der Waals surface area (Å²) in [5.41, 5.74) is 3.51. The van der Waals surface area contributed by atoms with Crippen molar-refractivity contribution < 1.29 is 22.7 Å². The number of hydrogen-bond acceptors (Lipinski definition) is 9. The van der Waals surface area contributed by atoms with E-state index in [4.69, 9.17) is 9.47 Å². The zero-order valence-electron chi connectivity index (χ0n) is 27.2. The summed E-state index contributed by atoms with van der Waals surface area (Å²) in [7, 11) is -4.18. The van der Waals surface area contributed by atoms with Crippen LogP contribution in [-0.4, -0.2) is 57.9 Å². The fourth-order valence-corrected chi connectivity index (χ4v) is 6.41. The molecule has 46 heavy (non-hydrogen) atoms. The Bertz CT molecular complexity index is 1810. The predicted octanol–water partition coefficient (Wildman–Crippen LogP) is 5.83. The minimum atomic E-state index is -4.18. The smallest absolute Gasteiger partial charge is 0.264 e. The number of benzene rings is 2. The molecule has 1 aliphatic rings. The van der Waals surface area contributed by atoms with Gasteiger partial charge in [0.15, 0.2) is 5.75 Å². The first-order valence-electron chi connectivity index (χ1n) is 15.3. The third-order valence-electron chi connectivity index (χ3n) is 8.14. The molecular weight excluding hydrogens is 604 g/mol. The Hall–Kier alpha value is -4.58. The summed E-state index contributed by atoms with van der Waals surface area (Å²) in [6.45, 7) is 14.1. The van der Waals surface area contributed by atoms with Crippen LogP contribution in [0.15, 0.2) is 65.8 Å². The van der Waals surface area contributed by atoms with Crippen LogP contribution < -0.4 is 14.2 Å². The van der Waals surface area contributed by atoms with Crippen LogP contribution in [0.2, 0.25) is 0 Å². The summed E-state index contributed by atoms with van der Waals surface area (Å²) in [5.74, 6) is 0.725. The highest BCUT2D eigenvalue weighted by molar-refractivity contribution is 7.92. The van der Waals surface area contributed by atoms with E-state index in [9.17, 15) is 13.2 Å². The molecular formula is C34H40N6O5S. The summed E-state index contributed by atoms with van der Waals surface area (Å²) in [6.07, 6.45) is 3.13. The second-order valence-corrected chi connectivity index (χ2v) is 13.9. The number of sulfonamides is 1. The molecule has 11 nitrogen and oxygen atoms in total. The van der Waals surface area contributed by atoms with Gasteiger partial charge in [0.25, 0.3) is 15.9 Å². The van der Waals surface area contributed by atoms with Gasteiger partial charge < -0.3 is 14.4 Å². The van der Waals surface area contributed by atoms with Gasteiger partial charge in [-0.15, -0.1) is 0 Å². The van der Waals surface area contributed by atoms with E-state index < -0.39 is 16.1 Å². The Morgan fingerprint density at radius 2 is 1.65 bits per heavy atom. The molecule has 1 aliphatic heterocycles. The zero-order valence-corrected chi connectivity index (χ0v) is 28.0. The molecule has 12 heteroatoms. The molecule has 2 aromatic carbocycles. The number of fused-ring (bicyclic) bond motifs is 4. The maximum Gasteiger partial charge on any atom is 0.264 e. The number of nitrogens with one attached hydrogen (secondary N) is 1. The van der Waals surface area contributed by atoms with Gasteiger partial charge in [0.2, 0.25) is 11.8 Å².